The fraction of sp³-hybridized carbons (Fsp3) is 0.0476. The van der Waals surface area contributed by atoms with E-state index in [1.165, 1.54) is 0 Å². The fourth-order valence-electron chi connectivity index (χ4n) is 3.26. The number of aromatic nitrogens is 3. The van der Waals surface area contributed by atoms with Crippen LogP contribution in [0.25, 0.3) is 22.0 Å². The number of rotatable bonds is 3. The first kappa shape index (κ1) is 15.5. The number of nitrogens with zero attached hydrogens (tertiary/aromatic N) is 3. The number of benzene rings is 2. The second-order valence-corrected chi connectivity index (χ2v) is 6.41. The Bertz CT molecular complexity index is 1180. The molecule has 0 saturated carbocycles. The van der Waals surface area contributed by atoms with E-state index in [0.29, 0.717) is 5.82 Å². The number of hydrogen-bond donors (Lipinski definition) is 2. The highest BCUT2D eigenvalue weighted by atomic mass is 16.2. The van der Waals surface area contributed by atoms with Crippen molar-refractivity contribution in [3.8, 4) is 11.1 Å². The molecule has 0 spiro atoms. The smallest absolute Gasteiger partial charge is 0.238 e. The monoisotopic (exact) mass is 353 g/mol. The Hall–Kier alpha value is -3.80. The number of carbonyl (C=O) groups excluding carboxylic acids is 1. The van der Waals surface area contributed by atoms with Gasteiger partial charge < -0.3 is 5.32 Å². The lowest BCUT2D eigenvalue weighted by atomic mass is 9.99. The van der Waals surface area contributed by atoms with E-state index in [-0.39, 0.29) is 5.91 Å². The minimum absolute atomic E-state index is 0.117. The first-order valence-electron chi connectivity index (χ1n) is 8.61. The largest absolute Gasteiger partial charge is 0.310 e. The van der Waals surface area contributed by atoms with Crippen LogP contribution in [-0.2, 0) is 4.79 Å². The number of hydrogen-bond acceptors (Lipinski definition) is 4. The molecule has 5 rings (SSSR count). The van der Waals surface area contributed by atoms with Crippen molar-refractivity contribution >= 4 is 34.5 Å². The molecule has 1 atom stereocenters. The van der Waals surface area contributed by atoms with Gasteiger partial charge in [0, 0.05) is 28.9 Å². The fourth-order valence-corrected chi connectivity index (χ4v) is 3.26. The summed E-state index contributed by atoms with van der Waals surface area (Å²) in [6.45, 7) is 0. The third kappa shape index (κ3) is 2.77. The number of fused-ring (bicyclic) bond motifs is 2. The van der Waals surface area contributed by atoms with E-state index in [1.807, 2.05) is 54.6 Å². The summed E-state index contributed by atoms with van der Waals surface area (Å²) in [5, 5.41) is 10.8. The van der Waals surface area contributed by atoms with Gasteiger partial charge in [0.25, 0.3) is 0 Å². The van der Waals surface area contributed by atoms with Crippen LogP contribution in [-0.4, -0.2) is 27.3 Å². The highest BCUT2D eigenvalue weighted by Crippen LogP contribution is 2.33. The molecule has 0 radical (unpaired) electrons. The molecule has 0 bridgehead atoms. The molecule has 2 aromatic carbocycles. The number of H-pyrrole nitrogens is 1. The zero-order chi connectivity index (χ0) is 18.2. The predicted molar refractivity (Wildman–Crippen MR) is 105 cm³/mol. The SMILES string of the molecule is O=C1Nc2ncc(-c3ccccc3)cc2C1C=Nc1ccc2cn[nH]c2c1. The van der Waals surface area contributed by atoms with E-state index < -0.39 is 5.92 Å². The Morgan fingerprint density at radius 2 is 1.89 bits per heavy atom. The van der Waals surface area contributed by atoms with Crippen LogP contribution in [0.2, 0.25) is 0 Å². The maximum atomic E-state index is 12.4. The maximum Gasteiger partial charge on any atom is 0.238 e. The van der Waals surface area contributed by atoms with E-state index in [0.717, 1.165) is 33.3 Å². The minimum atomic E-state index is -0.464. The number of pyridine rings is 1. The van der Waals surface area contributed by atoms with Crippen molar-refractivity contribution in [1.82, 2.24) is 15.2 Å². The number of carbonyl (C=O) groups is 1. The van der Waals surface area contributed by atoms with E-state index in [2.05, 4.69) is 25.5 Å². The van der Waals surface area contributed by atoms with E-state index in [4.69, 9.17) is 0 Å². The van der Waals surface area contributed by atoms with Gasteiger partial charge in [0.05, 0.1) is 17.4 Å². The number of amides is 1. The van der Waals surface area contributed by atoms with Crippen molar-refractivity contribution in [2.24, 2.45) is 4.99 Å². The number of aliphatic imine (C=N–C) groups is 1. The molecule has 1 amide bonds. The van der Waals surface area contributed by atoms with Crippen LogP contribution in [0.4, 0.5) is 11.5 Å². The van der Waals surface area contributed by atoms with Crippen LogP contribution in [0.15, 0.2) is 72.0 Å². The third-order valence-electron chi connectivity index (χ3n) is 4.68. The summed E-state index contributed by atoms with van der Waals surface area (Å²) in [6.07, 6.45) is 5.22. The first-order chi connectivity index (χ1) is 13.3. The van der Waals surface area contributed by atoms with Gasteiger partial charge in [-0.25, -0.2) is 4.98 Å². The quantitative estimate of drug-likeness (QED) is 0.545. The molecule has 6 heteroatoms. The molecule has 0 saturated heterocycles. The van der Waals surface area contributed by atoms with Crippen LogP contribution < -0.4 is 5.32 Å². The average molecular weight is 353 g/mol. The second kappa shape index (κ2) is 6.17. The summed E-state index contributed by atoms with van der Waals surface area (Å²) < 4.78 is 0. The van der Waals surface area contributed by atoms with E-state index in [1.54, 1.807) is 18.6 Å². The molecule has 1 aliphatic heterocycles. The summed E-state index contributed by atoms with van der Waals surface area (Å²) >= 11 is 0. The molecule has 2 aromatic heterocycles. The second-order valence-electron chi connectivity index (χ2n) is 6.41. The third-order valence-corrected chi connectivity index (χ3v) is 4.68. The molecule has 3 heterocycles. The lowest BCUT2D eigenvalue weighted by Crippen LogP contribution is -2.12. The molecule has 1 unspecified atom stereocenters. The molecule has 27 heavy (non-hydrogen) atoms. The van der Waals surface area contributed by atoms with Gasteiger partial charge in [-0.2, -0.15) is 5.10 Å². The zero-order valence-electron chi connectivity index (χ0n) is 14.3. The molecule has 0 fully saturated rings. The van der Waals surface area contributed by atoms with Crippen LogP contribution >= 0.6 is 0 Å². The molecule has 1 aliphatic rings. The minimum Gasteiger partial charge on any atom is -0.310 e. The van der Waals surface area contributed by atoms with Crippen LogP contribution in [0.3, 0.4) is 0 Å². The maximum absolute atomic E-state index is 12.4. The molecule has 2 N–H and O–H groups in total. The molecular weight excluding hydrogens is 338 g/mol. The standard InChI is InChI=1S/C21H15N5O/c27-21-18(12-22-16-7-6-14-11-24-26-19(14)9-16)17-8-15(10-23-20(17)25-21)13-4-2-1-3-5-13/h1-12,18H,(H,24,26)(H,23,25,27). The van der Waals surface area contributed by atoms with Crippen molar-refractivity contribution in [3.05, 3.63) is 72.6 Å². The van der Waals surface area contributed by atoms with Crippen LogP contribution in [0, 0.1) is 0 Å². The summed E-state index contributed by atoms with van der Waals surface area (Å²) in [7, 11) is 0. The Balaban J connectivity index is 1.49. The Morgan fingerprint density at radius 1 is 1.00 bits per heavy atom. The number of aromatic amines is 1. The predicted octanol–water partition coefficient (Wildman–Crippen LogP) is 4.06. The molecule has 0 aliphatic carbocycles. The van der Waals surface area contributed by atoms with E-state index >= 15 is 0 Å². The summed E-state index contributed by atoms with van der Waals surface area (Å²) in [5.41, 5.74) is 4.55. The molecule has 4 aromatic rings. The van der Waals surface area contributed by atoms with Gasteiger partial charge in [-0.3, -0.25) is 14.9 Å². The van der Waals surface area contributed by atoms with Gasteiger partial charge in [-0.1, -0.05) is 30.3 Å². The van der Waals surface area contributed by atoms with Crippen molar-refractivity contribution in [3.63, 3.8) is 0 Å². The number of anilines is 1. The summed E-state index contributed by atoms with van der Waals surface area (Å²) in [5.74, 6) is 0.0165. The van der Waals surface area contributed by atoms with Gasteiger partial charge in [0.15, 0.2) is 0 Å². The Morgan fingerprint density at radius 3 is 2.78 bits per heavy atom. The lowest BCUT2D eigenvalue weighted by molar-refractivity contribution is -0.115. The van der Waals surface area contributed by atoms with Gasteiger partial charge in [0.1, 0.15) is 11.7 Å². The first-order valence-corrected chi connectivity index (χ1v) is 8.61. The van der Waals surface area contributed by atoms with Crippen molar-refractivity contribution in [2.75, 3.05) is 5.32 Å². The topological polar surface area (TPSA) is 83.0 Å². The summed E-state index contributed by atoms with van der Waals surface area (Å²) in [6, 6.07) is 17.8. The molecule has 130 valence electrons. The Kier molecular flexibility index (Phi) is 3.53. The average Bonchev–Trinajstić information content (AvgIpc) is 3.29. The van der Waals surface area contributed by atoms with Gasteiger partial charge in [-0.05, 0) is 29.8 Å². The van der Waals surface area contributed by atoms with Crippen molar-refractivity contribution in [2.45, 2.75) is 5.92 Å². The van der Waals surface area contributed by atoms with Crippen LogP contribution in [0.5, 0.6) is 0 Å². The van der Waals surface area contributed by atoms with Gasteiger partial charge in [0.2, 0.25) is 5.91 Å². The highest BCUT2D eigenvalue weighted by molar-refractivity contribution is 6.12. The van der Waals surface area contributed by atoms with E-state index in [9.17, 15) is 4.79 Å². The van der Waals surface area contributed by atoms with Crippen molar-refractivity contribution < 1.29 is 4.79 Å². The molecule has 6 nitrogen and oxygen atoms in total. The van der Waals surface area contributed by atoms with Gasteiger partial charge in [-0.15, -0.1) is 0 Å². The van der Waals surface area contributed by atoms with Gasteiger partial charge >= 0.3 is 0 Å². The zero-order valence-corrected chi connectivity index (χ0v) is 14.3. The highest BCUT2D eigenvalue weighted by Gasteiger charge is 2.30. The number of nitrogens with one attached hydrogen (secondary N) is 2. The van der Waals surface area contributed by atoms with Crippen molar-refractivity contribution in [1.29, 1.82) is 0 Å². The molecular formula is C21H15N5O. The lowest BCUT2D eigenvalue weighted by Gasteiger charge is -2.06. The summed E-state index contributed by atoms with van der Waals surface area (Å²) in [4.78, 5) is 21.3. The normalized spacial score (nSPS) is 16.0. The Labute approximate surface area is 155 Å². The van der Waals surface area contributed by atoms with Crippen LogP contribution in [0.1, 0.15) is 11.5 Å².